The molecule has 94 valence electrons. The topological polar surface area (TPSA) is 128 Å². The number of hydrogen-bond donors (Lipinski definition) is 2. The summed E-state index contributed by atoms with van der Waals surface area (Å²) in [5.41, 5.74) is 5.49. The van der Waals surface area contributed by atoms with Crippen molar-refractivity contribution in [2.75, 3.05) is 6.26 Å². The summed E-state index contributed by atoms with van der Waals surface area (Å²) >= 11 is 0. The number of sulfone groups is 1. The van der Waals surface area contributed by atoms with Crippen LogP contribution in [0.25, 0.3) is 5.82 Å². The van der Waals surface area contributed by atoms with Gasteiger partial charge in [-0.1, -0.05) is 0 Å². The van der Waals surface area contributed by atoms with E-state index < -0.39 is 9.84 Å². The molecule has 0 radical (unpaired) electrons. The van der Waals surface area contributed by atoms with E-state index >= 15 is 0 Å². The van der Waals surface area contributed by atoms with Crippen LogP contribution >= 0.6 is 0 Å². The first kappa shape index (κ1) is 12.2. The second-order valence-corrected chi connectivity index (χ2v) is 5.58. The van der Waals surface area contributed by atoms with Crippen LogP contribution < -0.4 is 5.73 Å². The Kier molecular flexibility index (Phi) is 2.83. The Labute approximate surface area is 103 Å². The highest BCUT2D eigenvalue weighted by Crippen LogP contribution is 2.09. The van der Waals surface area contributed by atoms with Crippen LogP contribution in [0.4, 0.5) is 0 Å². The summed E-state index contributed by atoms with van der Waals surface area (Å²) in [6.45, 7) is 0. The number of aromatic nitrogens is 4. The van der Waals surface area contributed by atoms with Gasteiger partial charge in [0.15, 0.2) is 15.7 Å². The first-order chi connectivity index (χ1) is 8.38. The molecule has 0 aliphatic rings. The number of hydrogen-bond acceptors (Lipinski definition) is 6. The zero-order chi connectivity index (χ0) is 13.3. The molecule has 2 rings (SSSR count). The van der Waals surface area contributed by atoms with Gasteiger partial charge < -0.3 is 5.73 Å². The third-order valence-corrected chi connectivity index (χ3v) is 3.20. The molecule has 0 saturated carbocycles. The molecule has 8 nitrogen and oxygen atoms in total. The summed E-state index contributed by atoms with van der Waals surface area (Å²) in [7, 11) is -3.30. The van der Waals surface area contributed by atoms with Crippen LogP contribution in [0.1, 0.15) is 5.69 Å². The monoisotopic (exact) mass is 266 g/mol. The minimum absolute atomic E-state index is 0.0972. The van der Waals surface area contributed by atoms with Gasteiger partial charge in [0, 0.05) is 6.26 Å². The Bertz CT molecular complexity index is 688. The lowest BCUT2D eigenvalue weighted by Crippen LogP contribution is -2.14. The maximum absolute atomic E-state index is 11.3. The van der Waals surface area contributed by atoms with E-state index in [1.54, 1.807) is 0 Å². The summed E-state index contributed by atoms with van der Waals surface area (Å²) in [6.07, 6.45) is 6.34. The normalized spacial score (nSPS) is 11.4. The maximum Gasteiger partial charge on any atom is 0.178 e. The molecule has 0 fully saturated rings. The van der Waals surface area contributed by atoms with Crippen molar-refractivity contribution in [2.24, 2.45) is 5.73 Å². The SMILES string of the molecule is CS(=O)(=O)c1cnn(-c2cnc(C(=N)N)cn2)c1. The molecule has 0 spiro atoms. The Hall–Kier alpha value is -2.29. The molecule has 0 bridgehead atoms. The predicted octanol–water partition coefficient (Wildman–Crippen LogP) is -0.650. The van der Waals surface area contributed by atoms with Crippen LogP contribution in [0.5, 0.6) is 0 Å². The van der Waals surface area contributed by atoms with Crippen molar-refractivity contribution in [3.63, 3.8) is 0 Å². The van der Waals surface area contributed by atoms with Crippen molar-refractivity contribution in [3.8, 4) is 5.82 Å². The molecule has 0 amide bonds. The second-order valence-electron chi connectivity index (χ2n) is 3.57. The average molecular weight is 266 g/mol. The number of nitrogens with two attached hydrogens (primary N) is 1. The Morgan fingerprint density at radius 1 is 1.33 bits per heavy atom. The third kappa shape index (κ3) is 2.35. The van der Waals surface area contributed by atoms with Crippen LogP contribution in [0.15, 0.2) is 29.7 Å². The number of nitrogens with one attached hydrogen (secondary N) is 1. The molecule has 0 atom stereocenters. The van der Waals surface area contributed by atoms with Crippen LogP contribution in [0, 0.1) is 5.41 Å². The molecule has 0 saturated heterocycles. The highest BCUT2D eigenvalue weighted by atomic mass is 32.2. The number of amidine groups is 1. The fraction of sp³-hybridized carbons (Fsp3) is 0.111. The Balaban J connectivity index is 2.38. The molecule has 18 heavy (non-hydrogen) atoms. The van der Waals surface area contributed by atoms with E-state index in [1.165, 1.54) is 29.5 Å². The molecule has 0 aromatic carbocycles. The predicted molar refractivity (Wildman–Crippen MR) is 63.3 cm³/mol. The van der Waals surface area contributed by atoms with E-state index in [-0.39, 0.29) is 16.4 Å². The first-order valence-electron chi connectivity index (χ1n) is 4.79. The largest absolute Gasteiger partial charge is 0.382 e. The minimum atomic E-state index is -3.30. The maximum atomic E-state index is 11.3. The van der Waals surface area contributed by atoms with Gasteiger partial charge in [0.05, 0.1) is 24.8 Å². The van der Waals surface area contributed by atoms with Gasteiger partial charge in [0.1, 0.15) is 16.4 Å². The summed E-state index contributed by atoms with van der Waals surface area (Å²) < 4.78 is 23.9. The highest BCUT2D eigenvalue weighted by Gasteiger charge is 2.11. The molecule has 2 heterocycles. The van der Waals surface area contributed by atoms with E-state index in [2.05, 4.69) is 15.1 Å². The second kappa shape index (κ2) is 4.18. The van der Waals surface area contributed by atoms with Gasteiger partial charge in [0.2, 0.25) is 0 Å². The van der Waals surface area contributed by atoms with Gasteiger partial charge in [-0.25, -0.2) is 23.1 Å². The highest BCUT2D eigenvalue weighted by molar-refractivity contribution is 7.90. The van der Waals surface area contributed by atoms with Crippen LogP contribution in [-0.2, 0) is 9.84 Å². The lowest BCUT2D eigenvalue weighted by Gasteiger charge is -2.00. The van der Waals surface area contributed by atoms with Crippen molar-refractivity contribution in [1.82, 2.24) is 19.7 Å². The van der Waals surface area contributed by atoms with Gasteiger partial charge in [-0.3, -0.25) is 5.41 Å². The average Bonchev–Trinajstić information content (AvgIpc) is 2.78. The van der Waals surface area contributed by atoms with Crippen molar-refractivity contribution in [2.45, 2.75) is 4.90 Å². The standard InChI is InChI=1S/C9H10N6O2S/c1-18(16,17)6-2-14-15(5-6)8-4-12-7(3-13-8)9(10)11/h2-5H,1H3,(H3,10,11). The number of nitrogen functional groups attached to an aromatic ring is 1. The fourth-order valence-corrected chi connectivity index (χ4v) is 1.73. The van der Waals surface area contributed by atoms with Gasteiger partial charge in [-0.15, -0.1) is 0 Å². The van der Waals surface area contributed by atoms with Crippen molar-refractivity contribution >= 4 is 15.7 Å². The van der Waals surface area contributed by atoms with E-state index in [0.717, 1.165) is 6.26 Å². The van der Waals surface area contributed by atoms with Gasteiger partial charge in [-0.2, -0.15) is 5.10 Å². The lowest BCUT2D eigenvalue weighted by atomic mass is 10.4. The molecule has 3 N–H and O–H groups in total. The Morgan fingerprint density at radius 2 is 2.06 bits per heavy atom. The lowest BCUT2D eigenvalue weighted by molar-refractivity contribution is 0.602. The van der Waals surface area contributed by atoms with Gasteiger partial charge >= 0.3 is 0 Å². The van der Waals surface area contributed by atoms with Crippen LogP contribution in [0.2, 0.25) is 0 Å². The number of rotatable bonds is 3. The smallest absolute Gasteiger partial charge is 0.178 e. The van der Waals surface area contributed by atoms with E-state index in [1.807, 2.05) is 0 Å². The van der Waals surface area contributed by atoms with Gasteiger partial charge in [0.25, 0.3) is 0 Å². The van der Waals surface area contributed by atoms with Crippen molar-refractivity contribution in [3.05, 3.63) is 30.5 Å². The first-order valence-corrected chi connectivity index (χ1v) is 6.68. The zero-order valence-electron chi connectivity index (χ0n) is 9.40. The van der Waals surface area contributed by atoms with E-state index in [0.29, 0.717) is 5.82 Å². The fourth-order valence-electron chi connectivity index (χ4n) is 1.20. The Morgan fingerprint density at radius 3 is 2.50 bits per heavy atom. The van der Waals surface area contributed by atoms with E-state index in [9.17, 15) is 8.42 Å². The van der Waals surface area contributed by atoms with Gasteiger partial charge in [-0.05, 0) is 0 Å². The molecule has 9 heteroatoms. The quantitative estimate of drug-likeness (QED) is 0.561. The van der Waals surface area contributed by atoms with E-state index in [4.69, 9.17) is 11.1 Å². The van der Waals surface area contributed by atoms with Crippen molar-refractivity contribution in [1.29, 1.82) is 5.41 Å². The summed E-state index contributed by atoms with van der Waals surface area (Å²) in [6, 6.07) is 0. The summed E-state index contributed by atoms with van der Waals surface area (Å²) in [5, 5.41) is 11.0. The molecule has 2 aromatic rings. The minimum Gasteiger partial charge on any atom is -0.382 e. The summed E-state index contributed by atoms with van der Waals surface area (Å²) in [5.74, 6) is 0.154. The zero-order valence-corrected chi connectivity index (χ0v) is 10.2. The molecular formula is C9H10N6O2S. The third-order valence-electron chi connectivity index (χ3n) is 2.14. The van der Waals surface area contributed by atoms with Crippen LogP contribution in [-0.4, -0.2) is 40.3 Å². The molecule has 0 aliphatic heterocycles. The molecule has 0 unspecified atom stereocenters. The van der Waals surface area contributed by atoms with Crippen LogP contribution in [0.3, 0.4) is 0 Å². The number of nitrogens with zero attached hydrogens (tertiary/aromatic N) is 4. The van der Waals surface area contributed by atoms with Crippen molar-refractivity contribution < 1.29 is 8.42 Å². The molecule has 0 aliphatic carbocycles. The molecule has 2 aromatic heterocycles. The molecular weight excluding hydrogens is 256 g/mol. The summed E-state index contributed by atoms with van der Waals surface area (Å²) in [4.78, 5) is 7.99.